The molecule has 0 amide bonds. The lowest BCUT2D eigenvalue weighted by atomic mass is 10.1. The van der Waals surface area contributed by atoms with Crippen LogP contribution in [0.2, 0.25) is 0 Å². The fourth-order valence-corrected chi connectivity index (χ4v) is 3.10. The van der Waals surface area contributed by atoms with Gasteiger partial charge in [-0.15, -0.1) is 0 Å². The molecule has 0 spiro atoms. The van der Waals surface area contributed by atoms with E-state index in [1.54, 1.807) is 10.7 Å². The molecule has 0 atom stereocenters. The monoisotopic (exact) mass is 356 g/mol. The van der Waals surface area contributed by atoms with E-state index in [1.165, 1.54) is 0 Å². The van der Waals surface area contributed by atoms with Gasteiger partial charge in [-0.1, -0.05) is 55.5 Å². The SMILES string of the molecule is CCc1cc(OC(=O)c2ccc3ccccc3c2)n(-c2ccccc2C)n1. The van der Waals surface area contributed by atoms with Crippen molar-refractivity contribution < 1.29 is 9.53 Å². The number of ether oxygens (including phenoxy) is 1. The van der Waals surface area contributed by atoms with Crippen LogP contribution in [0.1, 0.15) is 28.5 Å². The van der Waals surface area contributed by atoms with Gasteiger partial charge in [0.15, 0.2) is 0 Å². The minimum atomic E-state index is -0.391. The summed E-state index contributed by atoms with van der Waals surface area (Å²) in [6.45, 7) is 4.04. The van der Waals surface area contributed by atoms with Crippen molar-refractivity contribution in [1.82, 2.24) is 9.78 Å². The van der Waals surface area contributed by atoms with Crippen molar-refractivity contribution in [3.8, 4) is 11.6 Å². The van der Waals surface area contributed by atoms with Gasteiger partial charge >= 0.3 is 5.97 Å². The second kappa shape index (κ2) is 7.08. The van der Waals surface area contributed by atoms with Crippen LogP contribution >= 0.6 is 0 Å². The van der Waals surface area contributed by atoms with Gasteiger partial charge in [-0.05, 0) is 47.9 Å². The molecule has 1 heterocycles. The van der Waals surface area contributed by atoms with Crippen LogP contribution in [0, 0.1) is 6.92 Å². The van der Waals surface area contributed by atoms with E-state index in [9.17, 15) is 4.79 Å². The second-order valence-corrected chi connectivity index (χ2v) is 6.48. The Bertz CT molecular complexity index is 1130. The van der Waals surface area contributed by atoms with Crippen LogP contribution in [0.3, 0.4) is 0 Å². The number of carbonyl (C=O) groups is 1. The zero-order chi connectivity index (χ0) is 18.8. The van der Waals surface area contributed by atoms with Crippen molar-refractivity contribution in [1.29, 1.82) is 0 Å². The number of aromatic nitrogens is 2. The van der Waals surface area contributed by atoms with E-state index in [1.807, 2.05) is 80.6 Å². The molecule has 4 rings (SSSR count). The van der Waals surface area contributed by atoms with Crippen LogP contribution in [-0.4, -0.2) is 15.7 Å². The highest BCUT2D eigenvalue weighted by Crippen LogP contribution is 2.24. The van der Waals surface area contributed by atoms with E-state index in [4.69, 9.17) is 4.74 Å². The van der Waals surface area contributed by atoms with E-state index in [0.717, 1.165) is 34.1 Å². The first kappa shape index (κ1) is 17.0. The summed E-state index contributed by atoms with van der Waals surface area (Å²) < 4.78 is 7.44. The molecule has 27 heavy (non-hydrogen) atoms. The van der Waals surface area contributed by atoms with Gasteiger partial charge in [0.2, 0.25) is 5.88 Å². The van der Waals surface area contributed by atoms with Gasteiger partial charge in [-0.25, -0.2) is 9.48 Å². The molecular formula is C23H20N2O2. The minimum absolute atomic E-state index is 0.391. The number of carbonyl (C=O) groups excluding carboxylic acids is 1. The van der Waals surface area contributed by atoms with Crippen molar-refractivity contribution in [3.63, 3.8) is 0 Å². The summed E-state index contributed by atoms with van der Waals surface area (Å²) in [6, 6.07) is 23.2. The largest absolute Gasteiger partial charge is 0.404 e. The van der Waals surface area contributed by atoms with Gasteiger partial charge < -0.3 is 4.74 Å². The molecule has 0 saturated carbocycles. The number of aryl methyl sites for hydroxylation is 2. The maximum atomic E-state index is 12.8. The van der Waals surface area contributed by atoms with Gasteiger partial charge in [0.25, 0.3) is 0 Å². The highest BCUT2D eigenvalue weighted by molar-refractivity contribution is 5.96. The van der Waals surface area contributed by atoms with Gasteiger partial charge in [0.05, 0.1) is 16.9 Å². The number of hydrogen-bond acceptors (Lipinski definition) is 3. The van der Waals surface area contributed by atoms with E-state index >= 15 is 0 Å². The van der Waals surface area contributed by atoms with E-state index in [0.29, 0.717) is 11.4 Å². The van der Waals surface area contributed by atoms with Crippen molar-refractivity contribution in [2.24, 2.45) is 0 Å². The van der Waals surface area contributed by atoms with Gasteiger partial charge in [-0.3, -0.25) is 0 Å². The average Bonchev–Trinajstić information content (AvgIpc) is 3.10. The molecule has 0 N–H and O–H groups in total. The Morgan fingerprint density at radius 1 is 0.963 bits per heavy atom. The first-order chi connectivity index (χ1) is 13.2. The smallest absolute Gasteiger partial charge is 0.344 e. The fraction of sp³-hybridized carbons (Fsp3) is 0.130. The summed E-state index contributed by atoms with van der Waals surface area (Å²) in [5, 5.41) is 6.69. The minimum Gasteiger partial charge on any atom is -0.404 e. The molecule has 0 bridgehead atoms. The van der Waals surface area contributed by atoms with E-state index in [2.05, 4.69) is 5.10 Å². The average molecular weight is 356 g/mol. The predicted octanol–water partition coefficient (Wildman–Crippen LogP) is 5.12. The van der Waals surface area contributed by atoms with Gasteiger partial charge in [-0.2, -0.15) is 5.10 Å². The van der Waals surface area contributed by atoms with E-state index in [-0.39, 0.29) is 0 Å². The van der Waals surface area contributed by atoms with Crippen molar-refractivity contribution in [3.05, 3.63) is 89.6 Å². The topological polar surface area (TPSA) is 44.1 Å². The van der Waals surface area contributed by atoms with Crippen LogP contribution in [0.15, 0.2) is 72.8 Å². The Balaban J connectivity index is 1.70. The summed E-state index contributed by atoms with van der Waals surface area (Å²) in [4.78, 5) is 12.8. The number of nitrogens with zero attached hydrogens (tertiary/aromatic N) is 2. The number of fused-ring (bicyclic) bond motifs is 1. The zero-order valence-corrected chi connectivity index (χ0v) is 15.3. The third-order valence-electron chi connectivity index (χ3n) is 4.62. The molecule has 4 aromatic rings. The van der Waals surface area contributed by atoms with Crippen molar-refractivity contribution >= 4 is 16.7 Å². The van der Waals surface area contributed by atoms with Gasteiger partial charge in [0.1, 0.15) is 0 Å². The Kier molecular flexibility index (Phi) is 4.47. The number of hydrogen-bond donors (Lipinski definition) is 0. The highest BCUT2D eigenvalue weighted by atomic mass is 16.5. The van der Waals surface area contributed by atoms with Crippen LogP contribution < -0.4 is 4.74 Å². The maximum absolute atomic E-state index is 12.8. The molecule has 0 aliphatic carbocycles. The number of rotatable bonds is 4. The lowest BCUT2D eigenvalue weighted by Gasteiger charge is -2.10. The zero-order valence-electron chi connectivity index (χ0n) is 15.3. The summed E-state index contributed by atoms with van der Waals surface area (Å²) >= 11 is 0. The summed E-state index contributed by atoms with van der Waals surface area (Å²) in [5.41, 5.74) is 3.36. The molecule has 0 unspecified atom stereocenters. The second-order valence-electron chi connectivity index (χ2n) is 6.48. The molecule has 3 aromatic carbocycles. The third-order valence-corrected chi connectivity index (χ3v) is 4.62. The van der Waals surface area contributed by atoms with Crippen LogP contribution in [-0.2, 0) is 6.42 Å². The molecule has 134 valence electrons. The Labute approximate surface area is 158 Å². The molecule has 0 fully saturated rings. The highest BCUT2D eigenvalue weighted by Gasteiger charge is 2.16. The molecule has 0 aliphatic rings. The standard InChI is InChI=1S/C23H20N2O2/c1-3-20-15-22(25(24-20)21-11-7-4-8-16(21)2)27-23(26)19-13-12-17-9-5-6-10-18(17)14-19/h4-15H,3H2,1-2H3. The Hall–Kier alpha value is -3.40. The summed E-state index contributed by atoms with van der Waals surface area (Å²) in [6.07, 6.45) is 0.763. The number of benzene rings is 3. The van der Waals surface area contributed by atoms with Crippen LogP contribution in [0.25, 0.3) is 16.5 Å². The Morgan fingerprint density at radius 3 is 2.48 bits per heavy atom. The molecular weight excluding hydrogens is 336 g/mol. The third kappa shape index (κ3) is 3.34. The molecule has 1 aromatic heterocycles. The first-order valence-electron chi connectivity index (χ1n) is 9.01. The maximum Gasteiger partial charge on any atom is 0.344 e. The summed E-state index contributed by atoms with van der Waals surface area (Å²) in [7, 11) is 0. The first-order valence-corrected chi connectivity index (χ1v) is 9.01. The van der Waals surface area contributed by atoms with Crippen LogP contribution in [0.5, 0.6) is 5.88 Å². The Morgan fingerprint density at radius 2 is 1.70 bits per heavy atom. The van der Waals surface area contributed by atoms with Crippen molar-refractivity contribution in [2.45, 2.75) is 20.3 Å². The number of esters is 1. The molecule has 4 nitrogen and oxygen atoms in total. The molecule has 0 saturated heterocycles. The quantitative estimate of drug-likeness (QED) is 0.477. The van der Waals surface area contributed by atoms with Crippen LogP contribution in [0.4, 0.5) is 0 Å². The molecule has 4 heteroatoms. The molecule has 0 aliphatic heterocycles. The molecule has 0 radical (unpaired) electrons. The lowest BCUT2D eigenvalue weighted by molar-refractivity contribution is 0.0723. The van der Waals surface area contributed by atoms with E-state index < -0.39 is 5.97 Å². The van der Waals surface area contributed by atoms with Crippen molar-refractivity contribution in [2.75, 3.05) is 0 Å². The predicted molar refractivity (Wildman–Crippen MR) is 107 cm³/mol. The normalized spacial score (nSPS) is 10.9. The lowest BCUT2D eigenvalue weighted by Crippen LogP contribution is -2.12. The number of para-hydroxylation sites is 1. The van der Waals surface area contributed by atoms with Gasteiger partial charge in [0, 0.05) is 6.07 Å². The fourth-order valence-electron chi connectivity index (χ4n) is 3.10. The summed E-state index contributed by atoms with van der Waals surface area (Å²) in [5.74, 6) is 0.0393.